The molecule has 0 aromatic heterocycles. The number of carbonyl (C=O) groups excluding carboxylic acids is 1. The number of carboxylic acid groups (broad SMARTS) is 1. The predicted molar refractivity (Wildman–Crippen MR) is 123 cm³/mol. The maximum atomic E-state index is 14.3. The van der Waals surface area contributed by atoms with Gasteiger partial charge in [0, 0.05) is 12.1 Å². The fourth-order valence-electron chi connectivity index (χ4n) is 3.33. The molecule has 0 aliphatic rings. The van der Waals surface area contributed by atoms with Crippen molar-refractivity contribution >= 4 is 11.9 Å². The molecule has 0 atom stereocenters. The second-order valence-electron chi connectivity index (χ2n) is 7.43. The van der Waals surface area contributed by atoms with Crippen molar-refractivity contribution < 1.29 is 28.2 Å². The second-order valence-corrected chi connectivity index (χ2v) is 7.43. The lowest BCUT2D eigenvalue weighted by Crippen LogP contribution is -2.23. The molecular weight excluding hydrogens is 440 g/mol. The molecule has 0 aliphatic heterocycles. The Labute approximate surface area is 194 Å². The summed E-state index contributed by atoms with van der Waals surface area (Å²) < 4.78 is 33.4. The first-order valence-electron chi connectivity index (χ1n) is 10.3. The molecule has 7 heteroatoms. The topological polar surface area (TPSA) is 75.6 Å². The fourth-order valence-corrected chi connectivity index (χ4v) is 3.33. The van der Waals surface area contributed by atoms with E-state index in [1.54, 1.807) is 42.5 Å². The Balaban J connectivity index is 1.62. The molecule has 0 bridgehead atoms. The minimum atomic E-state index is -1.04. The number of aromatic carboxylic acids is 1. The number of halogens is 2. The van der Waals surface area contributed by atoms with Crippen LogP contribution in [-0.4, -0.2) is 17.0 Å². The van der Waals surface area contributed by atoms with Crippen LogP contribution in [0.2, 0.25) is 0 Å². The number of nitrogens with one attached hydrogen (secondary N) is 1. The van der Waals surface area contributed by atoms with Crippen molar-refractivity contribution in [1.82, 2.24) is 5.32 Å². The SMILES string of the molecule is O=C(O)c1ccc(CNC(=O)c2cc(-c3ccccc3F)ccc2Oc2ccc(F)cc2)cc1. The Morgan fingerprint density at radius 2 is 1.56 bits per heavy atom. The molecule has 0 saturated heterocycles. The first-order chi connectivity index (χ1) is 16.4. The molecule has 1 amide bonds. The van der Waals surface area contributed by atoms with Gasteiger partial charge in [0.25, 0.3) is 5.91 Å². The first kappa shape index (κ1) is 22.7. The fraction of sp³-hybridized carbons (Fsp3) is 0.0370. The van der Waals surface area contributed by atoms with Crippen LogP contribution in [0.1, 0.15) is 26.3 Å². The van der Waals surface area contributed by atoms with Gasteiger partial charge < -0.3 is 15.2 Å². The summed E-state index contributed by atoms with van der Waals surface area (Å²) in [6, 6.07) is 22.4. The van der Waals surface area contributed by atoms with Gasteiger partial charge >= 0.3 is 5.97 Å². The molecule has 0 saturated carbocycles. The van der Waals surface area contributed by atoms with Gasteiger partial charge in [-0.25, -0.2) is 13.6 Å². The lowest BCUT2D eigenvalue weighted by molar-refractivity contribution is 0.0696. The van der Waals surface area contributed by atoms with Crippen molar-refractivity contribution in [2.75, 3.05) is 0 Å². The van der Waals surface area contributed by atoms with Crippen LogP contribution in [0.15, 0.2) is 91.0 Å². The summed E-state index contributed by atoms with van der Waals surface area (Å²) in [5, 5.41) is 11.8. The van der Waals surface area contributed by atoms with Crippen molar-refractivity contribution in [3.63, 3.8) is 0 Å². The highest BCUT2D eigenvalue weighted by molar-refractivity contribution is 5.98. The lowest BCUT2D eigenvalue weighted by atomic mass is 10.0. The average molecular weight is 459 g/mol. The summed E-state index contributed by atoms with van der Waals surface area (Å²) in [5.74, 6) is -1.82. The maximum Gasteiger partial charge on any atom is 0.335 e. The normalized spacial score (nSPS) is 10.5. The van der Waals surface area contributed by atoms with E-state index in [0.717, 1.165) is 0 Å². The van der Waals surface area contributed by atoms with E-state index in [1.807, 2.05) is 0 Å². The second kappa shape index (κ2) is 9.95. The van der Waals surface area contributed by atoms with Crippen LogP contribution in [0.25, 0.3) is 11.1 Å². The number of carboxylic acids is 1. The molecule has 0 radical (unpaired) electrons. The lowest BCUT2D eigenvalue weighted by Gasteiger charge is -2.14. The Morgan fingerprint density at radius 3 is 2.24 bits per heavy atom. The number of rotatable bonds is 7. The van der Waals surface area contributed by atoms with Crippen LogP contribution in [0.5, 0.6) is 11.5 Å². The van der Waals surface area contributed by atoms with Crippen molar-refractivity contribution in [2.45, 2.75) is 6.54 Å². The molecule has 0 aliphatic carbocycles. The highest BCUT2D eigenvalue weighted by Crippen LogP contribution is 2.31. The number of benzene rings is 4. The Kier molecular flexibility index (Phi) is 6.64. The summed E-state index contributed by atoms with van der Waals surface area (Å²) >= 11 is 0. The highest BCUT2D eigenvalue weighted by Gasteiger charge is 2.17. The number of carbonyl (C=O) groups is 2. The van der Waals surface area contributed by atoms with Gasteiger partial charge in [-0.3, -0.25) is 4.79 Å². The molecule has 0 heterocycles. The zero-order chi connectivity index (χ0) is 24.1. The summed E-state index contributed by atoms with van der Waals surface area (Å²) in [7, 11) is 0. The molecule has 170 valence electrons. The third-order valence-electron chi connectivity index (χ3n) is 5.10. The number of ether oxygens (including phenoxy) is 1. The standard InChI is InChI=1S/C27H19F2NO4/c28-20-10-12-21(13-11-20)34-25-14-9-19(22-3-1-2-4-24(22)29)15-23(25)26(31)30-16-17-5-7-18(8-6-17)27(32)33/h1-15H,16H2,(H,30,31)(H,32,33). The van der Waals surface area contributed by atoms with Crippen LogP contribution in [0.3, 0.4) is 0 Å². The Hall–Kier alpha value is -4.52. The van der Waals surface area contributed by atoms with Crippen molar-refractivity contribution in [1.29, 1.82) is 0 Å². The van der Waals surface area contributed by atoms with E-state index in [0.29, 0.717) is 22.4 Å². The third kappa shape index (κ3) is 5.27. The Bertz CT molecular complexity index is 1340. The Morgan fingerprint density at radius 1 is 0.853 bits per heavy atom. The van der Waals surface area contributed by atoms with Crippen molar-refractivity contribution in [3.8, 4) is 22.6 Å². The van der Waals surface area contributed by atoms with Gasteiger partial charge in [0.1, 0.15) is 23.1 Å². The molecule has 0 fully saturated rings. The van der Waals surface area contributed by atoms with Crippen LogP contribution >= 0.6 is 0 Å². The van der Waals surface area contributed by atoms with Crippen LogP contribution in [0.4, 0.5) is 8.78 Å². The number of amides is 1. The molecular formula is C27H19F2NO4. The van der Waals surface area contributed by atoms with E-state index < -0.39 is 23.5 Å². The van der Waals surface area contributed by atoms with Crippen molar-refractivity contribution in [2.24, 2.45) is 0 Å². The minimum absolute atomic E-state index is 0.138. The quantitative estimate of drug-likeness (QED) is 0.353. The van der Waals surface area contributed by atoms with Gasteiger partial charge in [-0.1, -0.05) is 36.4 Å². The van der Waals surface area contributed by atoms with Gasteiger partial charge in [-0.05, 0) is 65.7 Å². The zero-order valence-corrected chi connectivity index (χ0v) is 17.8. The molecule has 5 nitrogen and oxygen atoms in total. The average Bonchev–Trinajstić information content (AvgIpc) is 2.85. The summed E-state index contributed by atoms with van der Waals surface area (Å²) in [6.07, 6.45) is 0. The molecule has 0 spiro atoms. The first-order valence-corrected chi connectivity index (χ1v) is 10.3. The molecule has 34 heavy (non-hydrogen) atoms. The molecule has 4 aromatic carbocycles. The monoisotopic (exact) mass is 459 g/mol. The van der Waals surface area contributed by atoms with E-state index in [9.17, 15) is 18.4 Å². The van der Waals surface area contributed by atoms with Crippen molar-refractivity contribution in [3.05, 3.63) is 119 Å². The van der Waals surface area contributed by atoms with E-state index in [1.165, 1.54) is 48.5 Å². The number of hydrogen-bond acceptors (Lipinski definition) is 3. The smallest absolute Gasteiger partial charge is 0.335 e. The zero-order valence-electron chi connectivity index (χ0n) is 17.8. The van der Waals surface area contributed by atoms with Gasteiger partial charge in [0.2, 0.25) is 0 Å². The van der Waals surface area contributed by atoms with E-state index >= 15 is 0 Å². The highest BCUT2D eigenvalue weighted by atomic mass is 19.1. The van der Waals surface area contributed by atoms with Crippen LogP contribution in [-0.2, 0) is 6.54 Å². The van der Waals surface area contributed by atoms with Gasteiger partial charge in [0.05, 0.1) is 11.1 Å². The van der Waals surface area contributed by atoms with E-state index in [-0.39, 0.29) is 23.4 Å². The summed E-state index contributed by atoms with van der Waals surface area (Å²) in [4.78, 5) is 24.1. The molecule has 2 N–H and O–H groups in total. The predicted octanol–water partition coefficient (Wildman–Crippen LogP) is 6.05. The molecule has 0 unspecified atom stereocenters. The van der Waals surface area contributed by atoms with Gasteiger partial charge in [-0.15, -0.1) is 0 Å². The van der Waals surface area contributed by atoms with Crippen LogP contribution < -0.4 is 10.1 Å². The van der Waals surface area contributed by atoms with E-state index in [4.69, 9.17) is 9.84 Å². The number of hydrogen-bond donors (Lipinski definition) is 2. The maximum absolute atomic E-state index is 14.3. The third-order valence-corrected chi connectivity index (χ3v) is 5.10. The van der Waals surface area contributed by atoms with E-state index in [2.05, 4.69) is 5.32 Å². The molecule has 4 aromatic rings. The minimum Gasteiger partial charge on any atom is -0.478 e. The largest absolute Gasteiger partial charge is 0.478 e. The summed E-state index contributed by atoms with van der Waals surface area (Å²) in [5.41, 5.74) is 1.81. The van der Waals surface area contributed by atoms with Gasteiger partial charge in [0.15, 0.2) is 0 Å². The summed E-state index contributed by atoms with van der Waals surface area (Å²) in [6.45, 7) is 0.138. The van der Waals surface area contributed by atoms with Crippen LogP contribution in [0, 0.1) is 11.6 Å². The molecule has 4 rings (SSSR count). The van der Waals surface area contributed by atoms with Gasteiger partial charge in [-0.2, -0.15) is 0 Å².